The molecule has 92 valence electrons. The second-order valence-corrected chi connectivity index (χ2v) is 4.89. The summed E-state index contributed by atoms with van der Waals surface area (Å²) in [4.78, 5) is 0.875. The molecular formula is C13H13N3OS. The van der Waals surface area contributed by atoms with Crippen molar-refractivity contribution >= 4 is 11.8 Å². The van der Waals surface area contributed by atoms with Crippen molar-refractivity contribution in [1.29, 1.82) is 5.26 Å². The summed E-state index contributed by atoms with van der Waals surface area (Å²) >= 11 is 1.51. The van der Waals surface area contributed by atoms with Gasteiger partial charge >= 0.3 is 0 Å². The topological polar surface area (TPSA) is 50.8 Å². The van der Waals surface area contributed by atoms with Gasteiger partial charge in [0.15, 0.2) is 0 Å². The number of aromatic nitrogens is 2. The zero-order valence-corrected chi connectivity index (χ0v) is 11.3. The van der Waals surface area contributed by atoms with E-state index in [-0.39, 0.29) is 0 Å². The van der Waals surface area contributed by atoms with Crippen molar-refractivity contribution in [2.75, 3.05) is 7.11 Å². The van der Waals surface area contributed by atoms with Gasteiger partial charge in [0, 0.05) is 11.9 Å². The lowest BCUT2D eigenvalue weighted by atomic mass is 10.2. The lowest BCUT2D eigenvalue weighted by molar-refractivity contribution is 0.413. The van der Waals surface area contributed by atoms with Crippen LogP contribution in [0.1, 0.15) is 11.3 Å². The van der Waals surface area contributed by atoms with Gasteiger partial charge in [-0.05, 0) is 31.2 Å². The molecule has 1 aromatic heterocycles. The third-order valence-electron chi connectivity index (χ3n) is 2.48. The van der Waals surface area contributed by atoms with E-state index in [4.69, 9.17) is 10.00 Å². The Bertz CT molecular complexity index is 613. The first kappa shape index (κ1) is 12.5. The highest BCUT2D eigenvalue weighted by Crippen LogP contribution is 2.32. The molecule has 0 bridgehead atoms. The second kappa shape index (κ2) is 5.15. The number of ether oxygens (including phenoxy) is 1. The smallest absolute Gasteiger partial charge is 0.120 e. The fraction of sp³-hybridized carbons (Fsp3) is 0.231. The van der Waals surface area contributed by atoms with Crippen molar-refractivity contribution in [2.45, 2.75) is 16.8 Å². The summed E-state index contributed by atoms with van der Waals surface area (Å²) in [6.45, 7) is 1.95. The van der Waals surface area contributed by atoms with Gasteiger partial charge < -0.3 is 4.74 Å². The third kappa shape index (κ3) is 2.49. The molecule has 5 heteroatoms. The average Bonchev–Trinajstić information content (AvgIpc) is 2.67. The molecule has 0 N–H and O–H groups in total. The van der Waals surface area contributed by atoms with Gasteiger partial charge in [0.1, 0.15) is 11.8 Å². The third-order valence-corrected chi connectivity index (χ3v) is 3.63. The summed E-state index contributed by atoms with van der Waals surface area (Å²) in [5.41, 5.74) is 1.60. The average molecular weight is 259 g/mol. The van der Waals surface area contributed by atoms with Gasteiger partial charge in [0.2, 0.25) is 0 Å². The van der Waals surface area contributed by atoms with Crippen molar-refractivity contribution in [3.8, 4) is 11.8 Å². The zero-order chi connectivity index (χ0) is 13.1. The number of rotatable bonds is 3. The highest BCUT2D eigenvalue weighted by molar-refractivity contribution is 7.99. The van der Waals surface area contributed by atoms with Crippen LogP contribution in [0, 0.1) is 18.3 Å². The molecule has 0 fully saturated rings. The van der Waals surface area contributed by atoms with Crippen molar-refractivity contribution in [1.82, 2.24) is 9.78 Å². The quantitative estimate of drug-likeness (QED) is 0.850. The van der Waals surface area contributed by atoms with E-state index >= 15 is 0 Å². The molecule has 0 aliphatic heterocycles. The van der Waals surface area contributed by atoms with Crippen LogP contribution in [0.15, 0.2) is 34.2 Å². The van der Waals surface area contributed by atoms with E-state index in [2.05, 4.69) is 11.2 Å². The van der Waals surface area contributed by atoms with Crippen LogP contribution in [0.2, 0.25) is 0 Å². The highest BCUT2D eigenvalue weighted by atomic mass is 32.2. The first-order chi connectivity index (χ1) is 8.63. The van der Waals surface area contributed by atoms with E-state index in [1.165, 1.54) is 11.8 Å². The number of hydrogen-bond donors (Lipinski definition) is 0. The maximum absolute atomic E-state index is 9.11. The molecule has 0 spiro atoms. The Kier molecular flexibility index (Phi) is 3.58. The first-order valence-electron chi connectivity index (χ1n) is 5.40. The molecule has 2 aromatic rings. The summed E-state index contributed by atoms with van der Waals surface area (Å²) in [5.74, 6) is 0.746. The Balaban J connectivity index is 2.38. The molecule has 0 saturated heterocycles. The van der Waals surface area contributed by atoms with E-state index in [1.54, 1.807) is 23.9 Å². The van der Waals surface area contributed by atoms with Gasteiger partial charge in [0.25, 0.3) is 0 Å². The van der Waals surface area contributed by atoms with Crippen LogP contribution < -0.4 is 4.74 Å². The molecule has 0 radical (unpaired) electrons. The van der Waals surface area contributed by atoms with Crippen LogP contribution in [0.25, 0.3) is 0 Å². The van der Waals surface area contributed by atoms with Crippen LogP contribution >= 0.6 is 11.8 Å². The predicted octanol–water partition coefficient (Wildman–Crippen LogP) is 2.76. The molecule has 1 heterocycles. The van der Waals surface area contributed by atoms with Crippen LogP contribution in [0.4, 0.5) is 0 Å². The van der Waals surface area contributed by atoms with Gasteiger partial charge in [0.05, 0.1) is 23.4 Å². The highest BCUT2D eigenvalue weighted by Gasteiger charge is 2.09. The van der Waals surface area contributed by atoms with E-state index in [0.29, 0.717) is 5.56 Å². The Hall–Kier alpha value is -1.93. The Morgan fingerprint density at radius 2 is 2.17 bits per heavy atom. The van der Waals surface area contributed by atoms with Crippen molar-refractivity contribution in [3.05, 3.63) is 35.5 Å². The molecule has 0 aliphatic rings. The standard InChI is InChI=1S/C13H13N3OS/c1-9-6-13(16(2)15-9)18-12-7-11(17-3)5-4-10(12)8-14/h4-7H,1-3H3. The van der Waals surface area contributed by atoms with Crippen LogP contribution in [0.3, 0.4) is 0 Å². The lowest BCUT2D eigenvalue weighted by Crippen LogP contribution is -1.93. The molecule has 0 unspecified atom stereocenters. The van der Waals surface area contributed by atoms with Crippen LogP contribution in [-0.4, -0.2) is 16.9 Å². The minimum absolute atomic E-state index is 0.639. The molecule has 1 aromatic carbocycles. The molecule has 4 nitrogen and oxygen atoms in total. The lowest BCUT2D eigenvalue weighted by Gasteiger charge is -2.06. The van der Waals surface area contributed by atoms with Gasteiger partial charge in [-0.15, -0.1) is 0 Å². The van der Waals surface area contributed by atoms with Crippen molar-refractivity contribution in [2.24, 2.45) is 7.05 Å². The first-order valence-corrected chi connectivity index (χ1v) is 6.22. The maximum atomic E-state index is 9.11. The number of nitrogens with zero attached hydrogens (tertiary/aromatic N) is 3. The Morgan fingerprint density at radius 3 is 2.72 bits per heavy atom. The van der Waals surface area contributed by atoms with E-state index in [9.17, 15) is 0 Å². The summed E-state index contributed by atoms with van der Waals surface area (Å²) in [7, 11) is 3.51. The Morgan fingerprint density at radius 1 is 1.39 bits per heavy atom. The maximum Gasteiger partial charge on any atom is 0.120 e. The normalized spacial score (nSPS) is 10.1. The van der Waals surface area contributed by atoms with Crippen LogP contribution in [0.5, 0.6) is 5.75 Å². The van der Waals surface area contributed by atoms with E-state index < -0.39 is 0 Å². The number of nitriles is 1. The predicted molar refractivity (Wildman–Crippen MR) is 69.8 cm³/mol. The van der Waals surface area contributed by atoms with Crippen LogP contribution in [-0.2, 0) is 7.05 Å². The van der Waals surface area contributed by atoms with Gasteiger partial charge in [-0.3, -0.25) is 4.68 Å². The zero-order valence-electron chi connectivity index (χ0n) is 10.5. The second-order valence-electron chi connectivity index (χ2n) is 3.82. The number of methoxy groups -OCH3 is 1. The molecule has 0 amide bonds. The SMILES string of the molecule is COc1ccc(C#N)c(Sc2cc(C)nn2C)c1. The summed E-state index contributed by atoms with van der Waals surface area (Å²) in [5, 5.41) is 14.4. The van der Waals surface area contributed by atoms with E-state index in [0.717, 1.165) is 21.4 Å². The monoisotopic (exact) mass is 259 g/mol. The van der Waals surface area contributed by atoms with Crippen molar-refractivity contribution in [3.63, 3.8) is 0 Å². The summed E-state index contributed by atoms with van der Waals surface area (Å²) < 4.78 is 6.99. The fourth-order valence-electron chi connectivity index (χ4n) is 1.60. The molecule has 0 saturated carbocycles. The van der Waals surface area contributed by atoms with E-state index in [1.807, 2.05) is 26.1 Å². The Labute approximate surface area is 110 Å². The van der Waals surface area contributed by atoms with Crippen molar-refractivity contribution < 1.29 is 4.74 Å². The largest absolute Gasteiger partial charge is 0.497 e. The molecule has 0 atom stereocenters. The van der Waals surface area contributed by atoms with Gasteiger partial charge in [-0.25, -0.2) is 0 Å². The molecule has 18 heavy (non-hydrogen) atoms. The molecule has 0 aliphatic carbocycles. The molecule has 2 rings (SSSR count). The number of hydrogen-bond acceptors (Lipinski definition) is 4. The molecular weight excluding hydrogens is 246 g/mol. The number of benzene rings is 1. The van der Waals surface area contributed by atoms with Gasteiger partial charge in [-0.1, -0.05) is 11.8 Å². The summed E-state index contributed by atoms with van der Waals surface area (Å²) in [6, 6.07) is 9.60. The summed E-state index contributed by atoms with van der Waals surface area (Å²) in [6.07, 6.45) is 0. The van der Waals surface area contributed by atoms with Gasteiger partial charge in [-0.2, -0.15) is 10.4 Å². The minimum atomic E-state index is 0.639. The minimum Gasteiger partial charge on any atom is -0.497 e. The fourth-order valence-corrected chi connectivity index (χ4v) is 2.63. The number of aryl methyl sites for hydroxylation is 2.